The topological polar surface area (TPSA) is 29.3 Å². The van der Waals surface area contributed by atoms with Gasteiger partial charge in [0, 0.05) is 18.2 Å². The number of aromatic nitrogens is 1. The number of hydrogen-bond acceptors (Lipinski definition) is 3. The third-order valence-electron chi connectivity index (χ3n) is 4.71. The SMILES string of the molecule is c1coc(-c2ccc(C34CCCN(CC3)C4)cn2)c1. The van der Waals surface area contributed by atoms with Crippen molar-refractivity contribution in [2.45, 2.75) is 24.7 Å². The lowest BCUT2D eigenvalue weighted by molar-refractivity contribution is 0.243. The minimum Gasteiger partial charge on any atom is -0.463 e. The molecule has 4 heterocycles. The van der Waals surface area contributed by atoms with Gasteiger partial charge in [0.05, 0.1) is 6.26 Å². The summed E-state index contributed by atoms with van der Waals surface area (Å²) in [5, 5.41) is 0. The molecule has 0 radical (unpaired) electrons. The molecule has 0 N–H and O–H groups in total. The summed E-state index contributed by atoms with van der Waals surface area (Å²) in [6.45, 7) is 3.74. The number of furan rings is 1. The molecule has 0 aliphatic carbocycles. The van der Waals surface area contributed by atoms with E-state index in [9.17, 15) is 0 Å². The second-order valence-corrected chi connectivity index (χ2v) is 5.82. The van der Waals surface area contributed by atoms with Crippen LogP contribution < -0.4 is 0 Å². The largest absolute Gasteiger partial charge is 0.463 e. The molecule has 2 aromatic heterocycles. The lowest BCUT2D eigenvalue weighted by Gasteiger charge is -2.34. The summed E-state index contributed by atoms with van der Waals surface area (Å²) in [5.41, 5.74) is 2.70. The Morgan fingerprint density at radius 3 is 2.95 bits per heavy atom. The van der Waals surface area contributed by atoms with E-state index in [-0.39, 0.29) is 0 Å². The standard InChI is InChI=1S/C16H18N2O/c1-3-15(19-10-1)14-5-4-13(11-17-14)16-6-2-8-18(12-16)9-7-16/h1,3-5,10-11H,2,6-9,12H2. The Hall–Kier alpha value is -1.61. The minimum absolute atomic E-state index is 0.368. The maximum atomic E-state index is 5.39. The van der Waals surface area contributed by atoms with Gasteiger partial charge in [-0.25, -0.2) is 0 Å². The molecule has 2 aromatic rings. The van der Waals surface area contributed by atoms with Gasteiger partial charge in [0.1, 0.15) is 5.69 Å². The van der Waals surface area contributed by atoms with Crippen LogP contribution in [0.1, 0.15) is 24.8 Å². The second-order valence-electron chi connectivity index (χ2n) is 5.82. The zero-order valence-corrected chi connectivity index (χ0v) is 11.0. The monoisotopic (exact) mass is 254 g/mol. The van der Waals surface area contributed by atoms with Crippen LogP contribution in [0.3, 0.4) is 0 Å². The van der Waals surface area contributed by atoms with E-state index >= 15 is 0 Å². The predicted octanol–water partition coefficient (Wildman–Crippen LogP) is 3.08. The Labute approximate surface area is 113 Å². The summed E-state index contributed by atoms with van der Waals surface area (Å²) in [6, 6.07) is 8.21. The van der Waals surface area contributed by atoms with Crippen molar-refractivity contribution in [3.8, 4) is 11.5 Å². The fraction of sp³-hybridized carbons (Fsp3) is 0.438. The number of fused-ring (bicyclic) bond motifs is 2. The smallest absolute Gasteiger partial charge is 0.152 e. The normalized spacial score (nSPS) is 29.6. The Bertz CT molecular complexity index is 557. The molecule has 2 aliphatic rings. The second kappa shape index (κ2) is 4.20. The van der Waals surface area contributed by atoms with Crippen molar-refractivity contribution in [2.75, 3.05) is 19.6 Å². The van der Waals surface area contributed by atoms with Gasteiger partial charge >= 0.3 is 0 Å². The molecule has 2 unspecified atom stereocenters. The highest BCUT2D eigenvalue weighted by atomic mass is 16.3. The summed E-state index contributed by atoms with van der Waals surface area (Å²) < 4.78 is 5.39. The van der Waals surface area contributed by atoms with Gasteiger partial charge < -0.3 is 9.32 Å². The van der Waals surface area contributed by atoms with Crippen molar-refractivity contribution in [1.29, 1.82) is 0 Å². The predicted molar refractivity (Wildman–Crippen MR) is 73.9 cm³/mol. The van der Waals surface area contributed by atoms with E-state index < -0.39 is 0 Å². The molecule has 0 amide bonds. The van der Waals surface area contributed by atoms with Crippen LogP contribution >= 0.6 is 0 Å². The van der Waals surface area contributed by atoms with Gasteiger partial charge in [-0.1, -0.05) is 6.07 Å². The summed E-state index contributed by atoms with van der Waals surface area (Å²) >= 11 is 0. The molecule has 19 heavy (non-hydrogen) atoms. The highest BCUT2D eigenvalue weighted by Gasteiger charge is 2.42. The molecule has 2 saturated heterocycles. The molecule has 0 spiro atoms. The van der Waals surface area contributed by atoms with Crippen LogP contribution in [-0.4, -0.2) is 29.5 Å². The van der Waals surface area contributed by atoms with Crippen LogP contribution in [0.5, 0.6) is 0 Å². The van der Waals surface area contributed by atoms with Crippen LogP contribution in [0.2, 0.25) is 0 Å². The highest BCUT2D eigenvalue weighted by molar-refractivity contribution is 5.52. The Balaban J connectivity index is 1.66. The van der Waals surface area contributed by atoms with Crippen molar-refractivity contribution in [2.24, 2.45) is 0 Å². The van der Waals surface area contributed by atoms with E-state index in [1.54, 1.807) is 6.26 Å². The van der Waals surface area contributed by atoms with Crippen molar-refractivity contribution in [3.63, 3.8) is 0 Å². The highest BCUT2D eigenvalue weighted by Crippen LogP contribution is 2.41. The molecule has 3 nitrogen and oxygen atoms in total. The fourth-order valence-corrected chi connectivity index (χ4v) is 3.65. The van der Waals surface area contributed by atoms with Gasteiger partial charge in [-0.15, -0.1) is 0 Å². The fourth-order valence-electron chi connectivity index (χ4n) is 3.65. The lowest BCUT2D eigenvalue weighted by Crippen LogP contribution is -2.36. The molecule has 98 valence electrons. The Kier molecular flexibility index (Phi) is 2.49. The van der Waals surface area contributed by atoms with Crippen molar-refractivity contribution in [1.82, 2.24) is 9.88 Å². The molecule has 2 aliphatic heterocycles. The number of piperidine rings is 1. The van der Waals surface area contributed by atoms with E-state index in [0.717, 1.165) is 11.5 Å². The van der Waals surface area contributed by atoms with Crippen molar-refractivity contribution < 1.29 is 4.42 Å². The van der Waals surface area contributed by atoms with Crippen LogP contribution in [0.4, 0.5) is 0 Å². The Morgan fingerprint density at radius 2 is 2.16 bits per heavy atom. The first-order valence-corrected chi connectivity index (χ1v) is 7.09. The van der Waals surface area contributed by atoms with Gasteiger partial charge in [-0.3, -0.25) is 4.98 Å². The molecule has 3 heteroatoms. The molecule has 0 aromatic carbocycles. The summed E-state index contributed by atoms with van der Waals surface area (Å²) in [4.78, 5) is 7.18. The average molecular weight is 254 g/mol. The first kappa shape index (κ1) is 11.2. The quantitative estimate of drug-likeness (QED) is 0.824. The lowest BCUT2D eigenvalue weighted by atomic mass is 9.75. The van der Waals surface area contributed by atoms with Gasteiger partial charge in [-0.05, 0) is 56.1 Å². The van der Waals surface area contributed by atoms with Crippen molar-refractivity contribution >= 4 is 0 Å². The summed E-state index contributed by atoms with van der Waals surface area (Å²) in [7, 11) is 0. The van der Waals surface area contributed by atoms with Crippen LogP contribution in [0.25, 0.3) is 11.5 Å². The summed E-state index contributed by atoms with van der Waals surface area (Å²) in [5.74, 6) is 0.848. The first-order valence-electron chi connectivity index (χ1n) is 7.09. The number of hydrogen-bond donors (Lipinski definition) is 0. The molecule has 2 bridgehead atoms. The third kappa shape index (κ3) is 1.80. The van der Waals surface area contributed by atoms with Crippen LogP contribution in [-0.2, 0) is 5.41 Å². The molecular formula is C16H18N2O. The van der Waals surface area contributed by atoms with Gasteiger partial charge in [0.2, 0.25) is 0 Å². The Morgan fingerprint density at radius 1 is 1.16 bits per heavy atom. The van der Waals surface area contributed by atoms with E-state index in [1.807, 2.05) is 12.1 Å². The van der Waals surface area contributed by atoms with Gasteiger partial charge in [0.15, 0.2) is 5.76 Å². The maximum absolute atomic E-state index is 5.39. The van der Waals surface area contributed by atoms with Gasteiger partial charge in [-0.2, -0.15) is 0 Å². The zero-order valence-electron chi connectivity index (χ0n) is 11.0. The van der Waals surface area contributed by atoms with E-state index in [4.69, 9.17) is 4.42 Å². The molecule has 2 atom stereocenters. The molecule has 2 fully saturated rings. The number of nitrogens with zero attached hydrogens (tertiary/aromatic N) is 2. The van der Waals surface area contributed by atoms with E-state index in [1.165, 1.54) is 44.5 Å². The average Bonchev–Trinajstić information content (AvgIpc) is 3.09. The first-order chi connectivity index (χ1) is 9.36. The third-order valence-corrected chi connectivity index (χ3v) is 4.71. The minimum atomic E-state index is 0.368. The number of pyridine rings is 1. The zero-order chi connectivity index (χ0) is 12.7. The van der Waals surface area contributed by atoms with E-state index in [2.05, 4.69) is 28.2 Å². The van der Waals surface area contributed by atoms with E-state index in [0.29, 0.717) is 5.41 Å². The van der Waals surface area contributed by atoms with Crippen LogP contribution in [0.15, 0.2) is 41.1 Å². The summed E-state index contributed by atoms with van der Waals surface area (Å²) in [6.07, 6.45) is 7.67. The maximum Gasteiger partial charge on any atom is 0.152 e. The molecule has 4 rings (SSSR count). The van der Waals surface area contributed by atoms with Crippen molar-refractivity contribution in [3.05, 3.63) is 42.3 Å². The van der Waals surface area contributed by atoms with Gasteiger partial charge in [0.25, 0.3) is 0 Å². The van der Waals surface area contributed by atoms with Crippen LogP contribution in [0, 0.1) is 0 Å². The molecular weight excluding hydrogens is 236 g/mol. The molecule has 0 saturated carbocycles. The number of rotatable bonds is 2.